The van der Waals surface area contributed by atoms with Crippen LogP contribution in [0.25, 0.3) is 11.3 Å². The predicted octanol–water partition coefficient (Wildman–Crippen LogP) is 2.39. The number of nitrogens with zero attached hydrogens (tertiary/aromatic N) is 3. The molecule has 36 heavy (non-hydrogen) atoms. The molecule has 0 bridgehead atoms. The van der Waals surface area contributed by atoms with Crippen molar-refractivity contribution in [3.63, 3.8) is 0 Å². The smallest absolute Gasteiger partial charge is 0.398 e. The Morgan fingerprint density at radius 3 is 2.31 bits per heavy atom. The molecule has 1 saturated heterocycles. The number of alkyl halides is 3. The molecule has 188 valence electrons. The molecule has 0 unspecified atom stereocenters. The van der Waals surface area contributed by atoms with Gasteiger partial charge >= 0.3 is 6.18 Å². The first-order chi connectivity index (χ1) is 17.1. The Morgan fingerprint density at radius 2 is 1.61 bits per heavy atom. The van der Waals surface area contributed by atoms with Crippen molar-refractivity contribution in [2.45, 2.75) is 6.18 Å². The number of anilines is 1. The molecule has 2 heterocycles. The number of hydrogen-bond acceptors (Lipinski definition) is 5. The predicted molar refractivity (Wildman–Crippen MR) is 125 cm³/mol. The maximum absolute atomic E-state index is 13.3. The largest absolute Gasteiger partial charge is 0.417 e. The van der Waals surface area contributed by atoms with Gasteiger partial charge < -0.3 is 20.9 Å². The Bertz CT molecular complexity index is 1280. The summed E-state index contributed by atoms with van der Waals surface area (Å²) in [6.07, 6.45) is -4.65. The second-order valence-electron chi connectivity index (χ2n) is 8.15. The van der Waals surface area contributed by atoms with Crippen molar-refractivity contribution in [2.24, 2.45) is 0 Å². The lowest BCUT2D eigenvalue weighted by atomic mass is 10.1. The van der Waals surface area contributed by atoms with Gasteiger partial charge in [-0.2, -0.15) is 18.3 Å². The Kier molecular flexibility index (Phi) is 6.95. The van der Waals surface area contributed by atoms with Crippen molar-refractivity contribution in [3.8, 4) is 11.3 Å². The number of para-hydroxylation sites is 1. The van der Waals surface area contributed by atoms with E-state index in [4.69, 9.17) is 5.73 Å². The highest BCUT2D eigenvalue weighted by molar-refractivity contribution is 5.97. The lowest BCUT2D eigenvalue weighted by molar-refractivity contribution is -0.138. The van der Waals surface area contributed by atoms with Crippen molar-refractivity contribution < 1.29 is 27.6 Å². The van der Waals surface area contributed by atoms with Gasteiger partial charge in [-0.25, -0.2) is 0 Å². The van der Waals surface area contributed by atoms with Crippen molar-refractivity contribution in [2.75, 3.05) is 38.5 Å². The first kappa shape index (κ1) is 24.8. The van der Waals surface area contributed by atoms with Gasteiger partial charge in [0.25, 0.3) is 11.8 Å². The van der Waals surface area contributed by atoms with Gasteiger partial charge in [0, 0.05) is 37.4 Å². The Morgan fingerprint density at radius 1 is 0.972 bits per heavy atom. The lowest BCUT2D eigenvalue weighted by Crippen LogP contribution is -2.52. The first-order valence-corrected chi connectivity index (χ1v) is 11.1. The molecule has 3 aromatic rings. The molecule has 1 aromatic heterocycles. The maximum atomic E-state index is 13.3. The van der Waals surface area contributed by atoms with Gasteiger partial charge in [0.05, 0.1) is 23.4 Å². The van der Waals surface area contributed by atoms with Crippen LogP contribution in [0.1, 0.15) is 26.4 Å². The minimum Gasteiger partial charge on any atom is -0.398 e. The molecule has 0 aliphatic carbocycles. The van der Waals surface area contributed by atoms with Crippen LogP contribution in [0, 0.1) is 0 Å². The molecule has 0 atom stereocenters. The molecule has 4 rings (SSSR count). The van der Waals surface area contributed by atoms with Crippen LogP contribution < -0.4 is 11.1 Å². The molecule has 0 radical (unpaired) electrons. The SMILES string of the molecule is Nc1ccccc1-c1cc(C(=O)NCC(=O)N2CCN(C(=O)c3ccccc3C(F)(F)F)CC2)n[nH]1. The number of amides is 3. The zero-order valence-electron chi connectivity index (χ0n) is 19.0. The summed E-state index contributed by atoms with van der Waals surface area (Å²) in [7, 11) is 0. The molecule has 1 aliphatic heterocycles. The van der Waals surface area contributed by atoms with E-state index in [2.05, 4.69) is 15.5 Å². The van der Waals surface area contributed by atoms with E-state index in [-0.39, 0.29) is 44.3 Å². The van der Waals surface area contributed by atoms with E-state index in [0.29, 0.717) is 16.9 Å². The van der Waals surface area contributed by atoms with Crippen molar-refractivity contribution >= 4 is 23.4 Å². The third-order valence-corrected chi connectivity index (χ3v) is 5.84. The number of nitrogens with one attached hydrogen (secondary N) is 2. The number of piperazine rings is 1. The van der Waals surface area contributed by atoms with E-state index in [1.165, 1.54) is 28.0 Å². The van der Waals surface area contributed by atoms with E-state index >= 15 is 0 Å². The van der Waals surface area contributed by atoms with Crippen LogP contribution in [0.5, 0.6) is 0 Å². The van der Waals surface area contributed by atoms with E-state index in [1.807, 2.05) is 0 Å². The van der Waals surface area contributed by atoms with Gasteiger partial charge in [-0.05, 0) is 24.3 Å². The van der Waals surface area contributed by atoms with Gasteiger partial charge in [-0.3, -0.25) is 19.5 Å². The highest BCUT2D eigenvalue weighted by Crippen LogP contribution is 2.32. The summed E-state index contributed by atoms with van der Waals surface area (Å²) in [5.74, 6) is -1.68. The van der Waals surface area contributed by atoms with Crippen LogP contribution in [0.15, 0.2) is 54.6 Å². The first-order valence-electron chi connectivity index (χ1n) is 11.1. The number of nitrogens with two attached hydrogens (primary N) is 1. The molecule has 12 heteroatoms. The number of benzene rings is 2. The number of aromatic amines is 1. The van der Waals surface area contributed by atoms with Gasteiger partial charge in [-0.1, -0.05) is 30.3 Å². The minimum absolute atomic E-state index is 0.0753. The van der Waals surface area contributed by atoms with Crippen LogP contribution in [0.4, 0.5) is 18.9 Å². The number of halogens is 3. The summed E-state index contributed by atoms with van der Waals surface area (Å²) >= 11 is 0. The number of nitrogen functional groups attached to an aromatic ring is 1. The van der Waals surface area contributed by atoms with Crippen LogP contribution in [0.2, 0.25) is 0 Å². The summed E-state index contributed by atoms with van der Waals surface area (Å²) in [6.45, 7) is 0.125. The van der Waals surface area contributed by atoms with Crippen molar-refractivity contribution in [1.82, 2.24) is 25.3 Å². The fourth-order valence-electron chi connectivity index (χ4n) is 3.92. The Hall–Kier alpha value is -4.35. The van der Waals surface area contributed by atoms with E-state index < -0.39 is 29.1 Å². The van der Waals surface area contributed by atoms with Gasteiger partial charge in [0.15, 0.2) is 5.69 Å². The van der Waals surface area contributed by atoms with E-state index in [9.17, 15) is 27.6 Å². The molecular formula is C24H23F3N6O3. The number of rotatable bonds is 5. The van der Waals surface area contributed by atoms with Crippen molar-refractivity contribution in [3.05, 3.63) is 71.4 Å². The molecule has 9 nitrogen and oxygen atoms in total. The monoisotopic (exact) mass is 500 g/mol. The third-order valence-electron chi connectivity index (χ3n) is 5.84. The number of carbonyl (C=O) groups excluding carboxylic acids is 3. The molecule has 0 saturated carbocycles. The zero-order valence-corrected chi connectivity index (χ0v) is 19.0. The average Bonchev–Trinajstić information content (AvgIpc) is 3.37. The molecule has 4 N–H and O–H groups in total. The lowest BCUT2D eigenvalue weighted by Gasteiger charge is -2.35. The number of H-pyrrole nitrogens is 1. The number of carbonyl (C=O) groups is 3. The molecule has 3 amide bonds. The highest BCUT2D eigenvalue weighted by atomic mass is 19.4. The second kappa shape index (κ2) is 10.1. The second-order valence-corrected chi connectivity index (χ2v) is 8.15. The molecule has 2 aromatic carbocycles. The van der Waals surface area contributed by atoms with Gasteiger partial charge in [0.1, 0.15) is 0 Å². The normalized spacial score (nSPS) is 14.0. The number of aromatic nitrogens is 2. The third kappa shape index (κ3) is 5.32. The van der Waals surface area contributed by atoms with Crippen LogP contribution >= 0.6 is 0 Å². The standard InChI is InChI=1S/C24H23F3N6O3/c25-24(26,27)17-7-3-1-5-15(17)23(36)33-11-9-32(10-12-33)21(34)14-29-22(35)20-13-19(30-31-20)16-6-2-4-8-18(16)28/h1-8,13H,9-12,14,28H2,(H,29,35)(H,30,31). The van der Waals surface area contributed by atoms with Crippen LogP contribution in [-0.2, 0) is 11.0 Å². The van der Waals surface area contributed by atoms with Crippen molar-refractivity contribution in [1.29, 1.82) is 0 Å². The average molecular weight is 500 g/mol. The topological polar surface area (TPSA) is 124 Å². The fraction of sp³-hybridized carbons (Fsp3) is 0.250. The van der Waals surface area contributed by atoms with E-state index in [0.717, 1.165) is 12.1 Å². The molecule has 1 fully saturated rings. The Balaban J connectivity index is 1.30. The summed E-state index contributed by atoms with van der Waals surface area (Å²) in [4.78, 5) is 40.4. The van der Waals surface area contributed by atoms with E-state index in [1.54, 1.807) is 24.3 Å². The fourth-order valence-corrected chi connectivity index (χ4v) is 3.92. The summed E-state index contributed by atoms with van der Waals surface area (Å²) < 4.78 is 39.8. The maximum Gasteiger partial charge on any atom is 0.417 e. The van der Waals surface area contributed by atoms with Crippen LogP contribution in [0.3, 0.4) is 0 Å². The molecule has 1 aliphatic rings. The van der Waals surface area contributed by atoms with Gasteiger partial charge in [0.2, 0.25) is 5.91 Å². The molecular weight excluding hydrogens is 477 g/mol. The number of hydrogen-bond donors (Lipinski definition) is 3. The minimum atomic E-state index is -4.65. The summed E-state index contributed by atoms with van der Waals surface area (Å²) in [5, 5.41) is 9.22. The summed E-state index contributed by atoms with van der Waals surface area (Å²) in [6, 6.07) is 13.2. The molecule has 0 spiro atoms. The zero-order chi connectivity index (χ0) is 25.9. The summed E-state index contributed by atoms with van der Waals surface area (Å²) in [5.41, 5.74) is 6.36. The Labute approximate surface area is 204 Å². The van der Waals surface area contributed by atoms with Gasteiger partial charge in [-0.15, -0.1) is 0 Å². The van der Waals surface area contributed by atoms with Crippen LogP contribution in [-0.4, -0.2) is 70.4 Å². The highest BCUT2D eigenvalue weighted by Gasteiger charge is 2.36. The quantitative estimate of drug-likeness (QED) is 0.464.